The van der Waals surface area contributed by atoms with Crippen molar-refractivity contribution in [1.29, 1.82) is 0 Å². The number of hydrogen-bond donors (Lipinski definition) is 2. The van der Waals surface area contributed by atoms with Gasteiger partial charge in [-0.25, -0.2) is 10.1 Å². The number of rotatable bonds is 19. The van der Waals surface area contributed by atoms with Gasteiger partial charge in [0, 0.05) is 42.8 Å². The maximum atomic E-state index is 13.5. The lowest BCUT2D eigenvalue weighted by Crippen LogP contribution is -2.30. The first-order chi connectivity index (χ1) is 26.6. The minimum atomic E-state index is -4.65. The fraction of sp³-hybridized carbons (Fsp3) is 0.395. The van der Waals surface area contributed by atoms with Crippen molar-refractivity contribution in [2.45, 2.75) is 38.4 Å². The highest BCUT2D eigenvalue weighted by molar-refractivity contribution is 6.31. The van der Waals surface area contributed by atoms with Crippen LogP contribution in [0.4, 0.5) is 24.5 Å². The van der Waals surface area contributed by atoms with Gasteiger partial charge in [0.1, 0.15) is 0 Å². The van der Waals surface area contributed by atoms with Crippen LogP contribution in [0.3, 0.4) is 0 Å². The fourth-order valence-electron chi connectivity index (χ4n) is 5.74. The van der Waals surface area contributed by atoms with Crippen LogP contribution < -0.4 is 15.6 Å². The van der Waals surface area contributed by atoms with E-state index in [2.05, 4.69) is 31.1 Å². The van der Waals surface area contributed by atoms with Crippen LogP contribution in [0.15, 0.2) is 72.0 Å². The zero-order valence-electron chi connectivity index (χ0n) is 30.0. The number of halogens is 5. The lowest BCUT2D eigenvalue weighted by Gasteiger charge is -2.29. The van der Waals surface area contributed by atoms with Gasteiger partial charge < -0.3 is 24.4 Å². The van der Waals surface area contributed by atoms with E-state index in [-0.39, 0.29) is 16.8 Å². The van der Waals surface area contributed by atoms with Crippen LogP contribution in [0.2, 0.25) is 5.02 Å². The topological polar surface area (TPSA) is 132 Å². The van der Waals surface area contributed by atoms with Gasteiger partial charge in [0.25, 0.3) is 11.8 Å². The van der Waals surface area contributed by atoms with Gasteiger partial charge in [-0.3, -0.25) is 9.59 Å². The maximum Gasteiger partial charge on any atom is 0.417 e. The zero-order valence-corrected chi connectivity index (χ0v) is 31.5. The highest BCUT2D eigenvalue weighted by atomic mass is 35.5. The van der Waals surface area contributed by atoms with Crippen molar-refractivity contribution in [1.82, 2.24) is 20.4 Å². The number of hydrogen-bond acceptors (Lipinski definition) is 9. The SMILES string of the molecule is O=C(Nc1ccc(N2CCCCC2)cc1C(=O)NN=Cc1ccc(Cl)c(C(F)(F)F)c1)c1cccc(Cn2cc(CCOCCOCCOCCCl)nn2)c1. The second kappa shape index (κ2) is 20.9. The van der Waals surface area contributed by atoms with E-state index < -0.39 is 28.6 Å². The summed E-state index contributed by atoms with van der Waals surface area (Å²) < 4.78 is 58.0. The van der Waals surface area contributed by atoms with Crippen molar-refractivity contribution in [3.8, 4) is 0 Å². The molecule has 1 aromatic heterocycles. The predicted molar refractivity (Wildman–Crippen MR) is 204 cm³/mol. The summed E-state index contributed by atoms with van der Waals surface area (Å²) in [6, 6.07) is 15.5. The minimum Gasteiger partial charge on any atom is -0.379 e. The molecule has 55 heavy (non-hydrogen) atoms. The summed E-state index contributed by atoms with van der Waals surface area (Å²) in [6.07, 6.45) is 1.96. The van der Waals surface area contributed by atoms with E-state index >= 15 is 0 Å². The second-order valence-electron chi connectivity index (χ2n) is 12.6. The highest BCUT2D eigenvalue weighted by Gasteiger charge is 2.33. The van der Waals surface area contributed by atoms with Gasteiger partial charge in [-0.2, -0.15) is 18.3 Å². The van der Waals surface area contributed by atoms with Crippen molar-refractivity contribution in [3.63, 3.8) is 0 Å². The summed E-state index contributed by atoms with van der Waals surface area (Å²) in [4.78, 5) is 29.2. The Labute approximate surface area is 326 Å². The molecule has 5 rings (SSSR count). The van der Waals surface area contributed by atoms with Crippen LogP contribution in [0.25, 0.3) is 0 Å². The van der Waals surface area contributed by atoms with Crippen molar-refractivity contribution in [2.24, 2.45) is 5.10 Å². The predicted octanol–water partition coefficient (Wildman–Crippen LogP) is 6.84. The first-order valence-corrected chi connectivity index (χ1v) is 18.7. The van der Waals surface area contributed by atoms with Gasteiger partial charge in [0.15, 0.2) is 0 Å². The van der Waals surface area contributed by atoms with Crippen molar-refractivity contribution in [2.75, 3.05) is 68.8 Å². The van der Waals surface area contributed by atoms with Gasteiger partial charge in [-0.05, 0) is 72.9 Å². The van der Waals surface area contributed by atoms with Gasteiger partial charge in [0.2, 0.25) is 0 Å². The Morgan fingerprint density at radius 1 is 0.891 bits per heavy atom. The average Bonchev–Trinajstić information content (AvgIpc) is 3.63. The summed E-state index contributed by atoms with van der Waals surface area (Å²) >= 11 is 11.3. The van der Waals surface area contributed by atoms with Crippen LogP contribution in [0.5, 0.6) is 0 Å². The molecule has 0 aliphatic carbocycles. The van der Waals surface area contributed by atoms with E-state index in [4.69, 9.17) is 37.4 Å². The quantitative estimate of drug-likeness (QED) is 0.0457. The molecule has 2 amide bonds. The number of ether oxygens (including phenoxy) is 3. The molecule has 12 nitrogen and oxygen atoms in total. The largest absolute Gasteiger partial charge is 0.417 e. The maximum absolute atomic E-state index is 13.5. The summed E-state index contributed by atoms with van der Waals surface area (Å²) in [6.45, 7) is 4.82. The standard InChI is InChI=1S/C38H42Cl2F3N7O5/c39-12-16-54-18-20-55-19-17-53-15-11-30-26-50(48-46-30)25-28-5-4-6-29(21-28)36(51)45-35-10-8-31(49-13-2-1-3-14-49)23-32(35)37(52)47-44-24-27-7-9-34(40)33(22-27)38(41,42)43/h4-10,21-24,26H,1-3,11-20,25H2,(H,45,51)(H,47,52). The number of nitrogens with zero attached hydrogens (tertiary/aromatic N) is 5. The Balaban J connectivity index is 1.20. The number of carbonyl (C=O) groups excluding carboxylic acids is 2. The summed E-state index contributed by atoms with van der Waals surface area (Å²) in [5.74, 6) is -0.656. The molecule has 1 saturated heterocycles. The van der Waals surface area contributed by atoms with E-state index in [1.165, 1.54) is 6.07 Å². The van der Waals surface area contributed by atoms with Gasteiger partial charge in [-0.15, -0.1) is 16.7 Å². The average molecular weight is 805 g/mol. The van der Waals surface area contributed by atoms with Gasteiger partial charge >= 0.3 is 6.18 Å². The number of anilines is 2. The Morgan fingerprint density at radius 3 is 2.38 bits per heavy atom. The molecule has 294 valence electrons. The number of benzene rings is 3. The van der Waals surface area contributed by atoms with Crippen LogP contribution in [0.1, 0.15) is 62.4 Å². The molecule has 2 heterocycles. The van der Waals surface area contributed by atoms with Crippen molar-refractivity contribution < 1.29 is 37.0 Å². The number of amides is 2. The van der Waals surface area contributed by atoms with Crippen molar-refractivity contribution >= 4 is 52.6 Å². The normalized spacial score (nSPS) is 13.4. The van der Waals surface area contributed by atoms with Crippen molar-refractivity contribution in [3.05, 3.63) is 105 Å². The van der Waals surface area contributed by atoms with Crippen LogP contribution >= 0.6 is 23.2 Å². The third kappa shape index (κ3) is 13.0. The summed E-state index contributed by atoms with van der Waals surface area (Å²) in [5, 5.41) is 14.7. The monoisotopic (exact) mass is 803 g/mol. The molecule has 2 N–H and O–H groups in total. The number of nitrogens with one attached hydrogen (secondary N) is 2. The lowest BCUT2D eigenvalue weighted by atomic mass is 10.1. The molecular formula is C38H42Cl2F3N7O5. The molecule has 0 bridgehead atoms. The lowest BCUT2D eigenvalue weighted by molar-refractivity contribution is -0.137. The molecule has 17 heteroatoms. The van der Waals surface area contributed by atoms with E-state index in [1.54, 1.807) is 35.0 Å². The molecule has 0 radical (unpaired) electrons. The number of aromatic nitrogens is 3. The fourth-order valence-corrected chi connectivity index (χ4v) is 6.07. The summed E-state index contributed by atoms with van der Waals surface area (Å²) in [5.41, 5.74) is 4.54. The minimum absolute atomic E-state index is 0.0851. The molecule has 1 aliphatic rings. The molecule has 0 unspecified atom stereocenters. The first kappa shape index (κ1) is 41.6. The first-order valence-electron chi connectivity index (χ1n) is 17.8. The Bertz CT molecular complexity index is 1900. The van der Waals surface area contributed by atoms with Crippen LogP contribution in [-0.2, 0) is 33.4 Å². The third-order valence-electron chi connectivity index (χ3n) is 8.48. The van der Waals surface area contributed by atoms with Crippen LogP contribution in [-0.4, -0.2) is 91.6 Å². The molecule has 0 spiro atoms. The number of hydrazone groups is 1. The number of carbonyl (C=O) groups is 2. The molecule has 1 fully saturated rings. The zero-order chi connectivity index (χ0) is 39.0. The number of piperidine rings is 1. The van der Waals surface area contributed by atoms with Crippen LogP contribution in [0, 0.1) is 0 Å². The second-order valence-corrected chi connectivity index (χ2v) is 13.3. The van der Waals surface area contributed by atoms with Gasteiger partial charge in [0.05, 0.1) is 79.9 Å². The molecule has 3 aromatic carbocycles. The molecule has 4 aromatic rings. The summed E-state index contributed by atoms with van der Waals surface area (Å²) in [7, 11) is 0. The molecule has 0 saturated carbocycles. The smallest absolute Gasteiger partial charge is 0.379 e. The van der Waals surface area contributed by atoms with E-state index in [0.717, 1.165) is 67.6 Å². The Hall–Kier alpha value is -4.54. The Morgan fingerprint density at radius 2 is 1.64 bits per heavy atom. The van der Waals surface area contributed by atoms with E-state index in [0.29, 0.717) is 64.1 Å². The number of alkyl halides is 4. The van der Waals surface area contributed by atoms with E-state index in [1.807, 2.05) is 18.3 Å². The third-order valence-corrected chi connectivity index (χ3v) is 8.96. The molecule has 0 atom stereocenters. The Kier molecular flexibility index (Phi) is 15.9. The highest BCUT2D eigenvalue weighted by Crippen LogP contribution is 2.35. The molecule has 1 aliphatic heterocycles. The molecular weight excluding hydrogens is 762 g/mol. The van der Waals surface area contributed by atoms with Gasteiger partial charge in [-0.1, -0.05) is 35.0 Å². The van der Waals surface area contributed by atoms with E-state index in [9.17, 15) is 22.8 Å².